The number of rotatable bonds is 0. The highest BCUT2D eigenvalue weighted by molar-refractivity contribution is 7.19. The predicted molar refractivity (Wildman–Crippen MR) is 68.8 cm³/mol. The van der Waals surface area contributed by atoms with Crippen LogP contribution in [0.5, 0.6) is 0 Å². The van der Waals surface area contributed by atoms with Gasteiger partial charge in [-0.1, -0.05) is 29.8 Å². The Morgan fingerprint density at radius 3 is 2.53 bits per heavy atom. The van der Waals surface area contributed by atoms with Gasteiger partial charge in [0.15, 0.2) is 0 Å². The molecule has 0 saturated heterocycles. The number of aryl methyl sites for hydroxylation is 2. The largest absolute Gasteiger partial charge is 0.141 e. The van der Waals surface area contributed by atoms with E-state index < -0.39 is 0 Å². The number of thiophene rings is 1. The predicted octanol–water partition coefficient (Wildman–Crippen LogP) is 4.67. The molecule has 0 bridgehead atoms. The normalized spacial score (nSPS) is 11.3. The van der Waals surface area contributed by atoms with Gasteiger partial charge in [0.1, 0.15) is 0 Å². The summed E-state index contributed by atoms with van der Waals surface area (Å²) in [7, 11) is 0. The standard InChI is InChI=1S/C14H12S/c1-9-3-4-11-5-6-14-13(12(11)7-9)8-10(2)15-14/h3-8H,1-2H3. The second-order valence-electron chi connectivity index (χ2n) is 4.06. The Hall–Kier alpha value is -1.34. The van der Waals surface area contributed by atoms with Gasteiger partial charge in [-0.25, -0.2) is 0 Å². The van der Waals surface area contributed by atoms with Gasteiger partial charge in [0.2, 0.25) is 0 Å². The minimum atomic E-state index is 1.33. The van der Waals surface area contributed by atoms with Crippen LogP contribution in [0, 0.1) is 13.8 Å². The lowest BCUT2D eigenvalue weighted by Crippen LogP contribution is -1.75. The molecule has 0 unspecified atom stereocenters. The quantitative estimate of drug-likeness (QED) is 0.508. The van der Waals surface area contributed by atoms with Crippen LogP contribution in [-0.4, -0.2) is 0 Å². The van der Waals surface area contributed by atoms with Gasteiger partial charge in [-0.3, -0.25) is 0 Å². The Labute approximate surface area is 93.2 Å². The van der Waals surface area contributed by atoms with E-state index in [0.717, 1.165) is 0 Å². The van der Waals surface area contributed by atoms with Crippen LogP contribution in [0.3, 0.4) is 0 Å². The average molecular weight is 212 g/mol. The molecule has 0 fully saturated rings. The van der Waals surface area contributed by atoms with E-state index in [1.165, 1.54) is 31.3 Å². The monoisotopic (exact) mass is 212 g/mol. The molecule has 15 heavy (non-hydrogen) atoms. The van der Waals surface area contributed by atoms with Crippen LogP contribution < -0.4 is 0 Å². The number of hydrogen-bond donors (Lipinski definition) is 0. The molecule has 3 rings (SSSR count). The molecule has 0 amide bonds. The van der Waals surface area contributed by atoms with Crippen LogP contribution in [0.2, 0.25) is 0 Å². The molecular formula is C14H12S. The van der Waals surface area contributed by atoms with E-state index in [9.17, 15) is 0 Å². The second kappa shape index (κ2) is 3.07. The van der Waals surface area contributed by atoms with Crippen LogP contribution in [0.4, 0.5) is 0 Å². The van der Waals surface area contributed by atoms with Crippen molar-refractivity contribution in [2.24, 2.45) is 0 Å². The third-order valence-corrected chi connectivity index (χ3v) is 3.81. The molecule has 2 aromatic carbocycles. The molecule has 1 heterocycles. The van der Waals surface area contributed by atoms with Gasteiger partial charge in [-0.2, -0.15) is 0 Å². The molecular weight excluding hydrogens is 200 g/mol. The van der Waals surface area contributed by atoms with E-state index in [0.29, 0.717) is 0 Å². The highest BCUT2D eigenvalue weighted by Gasteiger charge is 2.03. The maximum atomic E-state index is 2.29. The van der Waals surface area contributed by atoms with Gasteiger partial charge in [0, 0.05) is 15.0 Å². The van der Waals surface area contributed by atoms with E-state index in [4.69, 9.17) is 0 Å². The third kappa shape index (κ3) is 1.35. The Bertz CT molecular complexity index is 647. The zero-order valence-electron chi connectivity index (χ0n) is 8.87. The summed E-state index contributed by atoms with van der Waals surface area (Å²) in [6.45, 7) is 4.32. The molecule has 0 spiro atoms. The van der Waals surface area contributed by atoms with Crippen LogP contribution in [0.25, 0.3) is 20.9 Å². The van der Waals surface area contributed by atoms with Crippen molar-refractivity contribution in [2.45, 2.75) is 13.8 Å². The summed E-state index contributed by atoms with van der Waals surface area (Å²) < 4.78 is 1.39. The van der Waals surface area contributed by atoms with Crippen molar-refractivity contribution in [3.05, 3.63) is 46.8 Å². The summed E-state index contributed by atoms with van der Waals surface area (Å²) in [5, 5.41) is 4.13. The summed E-state index contributed by atoms with van der Waals surface area (Å²) in [4.78, 5) is 1.39. The van der Waals surface area contributed by atoms with Gasteiger partial charge < -0.3 is 0 Å². The van der Waals surface area contributed by atoms with Crippen molar-refractivity contribution in [1.29, 1.82) is 0 Å². The molecule has 1 heteroatoms. The number of benzene rings is 2. The summed E-state index contributed by atoms with van der Waals surface area (Å²) in [6, 6.07) is 13.4. The van der Waals surface area contributed by atoms with Crippen molar-refractivity contribution in [1.82, 2.24) is 0 Å². The number of fused-ring (bicyclic) bond motifs is 3. The summed E-state index contributed by atoms with van der Waals surface area (Å²) in [5.41, 5.74) is 1.33. The Balaban J connectivity index is 2.56. The zero-order chi connectivity index (χ0) is 10.4. The maximum Gasteiger partial charge on any atom is 0.0352 e. The lowest BCUT2D eigenvalue weighted by atomic mass is 10.0. The highest BCUT2D eigenvalue weighted by Crippen LogP contribution is 2.31. The fourth-order valence-electron chi connectivity index (χ4n) is 2.08. The molecule has 74 valence electrons. The topological polar surface area (TPSA) is 0 Å². The van der Waals surface area contributed by atoms with E-state index >= 15 is 0 Å². The summed E-state index contributed by atoms with van der Waals surface area (Å²) in [5.74, 6) is 0. The van der Waals surface area contributed by atoms with Crippen LogP contribution in [0.1, 0.15) is 10.4 Å². The zero-order valence-corrected chi connectivity index (χ0v) is 9.69. The molecule has 0 aliphatic rings. The molecule has 0 N–H and O–H groups in total. The first-order valence-electron chi connectivity index (χ1n) is 5.13. The Morgan fingerprint density at radius 1 is 0.867 bits per heavy atom. The van der Waals surface area contributed by atoms with Crippen molar-refractivity contribution < 1.29 is 0 Å². The van der Waals surface area contributed by atoms with E-state index in [1.54, 1.807) is 0 Å². The smallest absolute Gasteiger partial charge is 0.0352 e. The van der Waals surface area contributed by atoms with Gasteiger partial charge >= 0.3 is 0 Å². The SMILES string of the molecule is Cc1ccc2ccc3sc(C)cc3c2c1. The van der Waals surface area contributed by atoms with Crippen LogP contribution in [0.15, 0.2) is 36.4 Å². The van der Waals surface area contributed by atoms with Crippen molar-refractivity contribution in [3.63, 3.8) is 0 Å². The van der Waals surface area contributed by atoms with E-state index in [2.05, 4.69) is 50.2 Å². The average Bonchev–Trinajstić information content (AvgIpc) is 2.58. The summed E-state index contributed by atoms with van der Waals surface area (Å²) in [6.07, 6.45) is 0. The summed E-state index contributed by atoms with van der Waals surface area (Å²) >= 11 is 1.87. The lowest BCUT2D eigenvalue weighted by Gasteiger charge is -2.00. The van der Waals surface area contributed by atoms with Gasteiger partial charge in [-0.15, -0.1) is 11.3 Å². The van der Waals surface area contributed by atoms with Crippen LogP contribution >= 0.6 is 11.3 Å². The Kier molecular flexibility index (Phi) is 1.83. The molecule has 0 aliphatic heterocycles. The van der Waals surface area contributed by atoms with Gasteiger partial charge in [0.05, 0.1) is 0 Å². The van der Waals surface area contributed by atoms with Crippen molar-refractivity contribution in [3.8, 4) is 0 Å². The first-order chi connectivity index (χ1) is 7.24. The van der Waals surface area contributed by atoms with Gasteiger partial charge in [-0.05, 0) is 36.8 Å². The molecule has 0 atom stereocenters. The molecule has 0 saturated carbocycles. The molecule has 0 nitrogen and oxygen atoms in total. The Morgan fingerprint density at radius 2 is 1.67 bits per heavy atom. The third-order valence-electron chi connectivity index (χ3n) is 2.80. The van der Waals surface area contributed by atoms with E-state index in [1.807, 2.05) is 11.3 Å². The molecule has 3 aromatic rings. The van der Waals surface area contributed by atoms with E-state index in [-0.39, 0.29) is 0 Å². The van der Waals surface area contributed by atoms with Gasteiger partial charge in [0.25, 0.3) is 0 Å². The minimum Gasteiger partial charge on any atom is -0.141 e. The minimum absolute atomic E-state index is 1.33. The molecule has 0 radical (unpaired) electrons. The van der Waals surface area contributed by atoms with Crippen LogP contribution in [-0.2, 0) is 0 Å². The number of hydrogen-bond acceptors (Lipinski definition) is 1. The van der Waals surface area contributed by atoms with Crippen molar-refractivity contribution in [2.75, 3.05) is 0 Å². The molecule has 0 aliphatic carbocycles. The fourth-order valence-corrected chi connectivity index (χ4v) is 3.02. The highest BCUT2D eigenvalue weighted by atomic mass is 32.1. The second-order valence-corrected chi connectivity index (χ2v) is 5.35. The first kappa shape index (κ1) is 8.93. The molecule has 1 aromatic heterocycles. The fraction of sp³-hybridized carbons (Fsp3) is 0.143. The maximum absolute atomic E-state index is 2.29. The van der Waals surface area contributed by atoms with Crippen molar-refractivity contribution >= 4 is 32.2 Å². The lowest BCUT2D eigenvalue weighted by molar-refractivity contribution is 1.51. The first-order valence-corrected chi connectivity index (χ1v) is 5.95.